The minimum Gasteiger partial charge on any atom is -0.493 e. The molecule has 0 aliphatic rings. The lowest BCUT2D eigenvalue weighted by Gasteiger charge is -2.15. The average molecular weight is 488 g/mol. The Kier molecular flexibility index (Phi) is 7.60. The number of esters is 1. The van der Waals surface area contributed by atoms with Crippen LogP contribution in [0.2, 0.25) is 0 Å². The van der Waals surface area contributed by atoms with Gasteiger partial charge in [-0.15, -0.1) is 0 Å². The minimum atomic E-state index is -0.510. The molecule has 36 heavy (non-hydrogen) atoms. The van der Waals surface area contributed by atoms with Crippen LogP contribution in [0.4, 0.5) is 0 Å². The number of para-hydroxylation sites is 1. The highest BCUT2D eigenvalue weighted by molar-refractivity contribution is 5.84. The van der Waals surface area contributed by atoms with Crippen LogP contribution in [0.25, 0.3) is 22.3 Å². The van der Waals surface area contributed by atoms with Gasteiger partial charge in [0.2, 0.25) is 5.75 Å². The highest BCUT2D eigenvalue weighted by Crippen LogP contribution is 2.38. The molecule has 1 heterocycles. The van der Waals surface area contributed by atoms with Crippen LogP contribution in [-0.2, 0) is 9.53 Å². The normalized spacial score (nSPS) is 11.0. The molecule has 0 spiro atoms. The lowest BCUT2D eigenvalue weighted by atomic mass is 10.2. The van der Waals surface area contributed by atoms with Gasteiger partial charge in [0.05, 0.1) is 37.9 Å². The third kappa shape index (κ3) is 5.20. The van der Waals surface area contributed by atoms with Crippen molar-refractivity contribution in [2.24, 2.45) is 5.10 Å². The lowest BCUT2D eigenvalue weighted by Crippen LogP contribution is -2.20. The number of benzene rings is 3. The first-order valence-electron chi connectivity index (χ1n) is 11.2. The van der Waals surface area contributed by atoms with Crippen molar-refractivity contribution < 1.29 is 23.7 Å². The summed E-state index contributed by atoms with van der Waals surface area (Å²) in [6.07, 6.45) is 1.50. The summed E-state index contributed by atoms with van der Waals surface area (Å²) in [6, 6.07) is 19.8. The first kappa shape index (κ1) is 24.5. The van der Waals surface area contributed by atoms with E-state index in [1.54, 1.807) is 37.3 Å². The van der Waals surface area contributed by atoms with Gasteiger partial charge in [-0.05, 0) is 31.2 Å². The standard InChI is InChI=1S/C27H25N3O6/c1-4-35-24(31)17-36-25-22(33-2)14-18(15-23(25)34-3)16-28-30-26(19-10-6-5-7-11-19)29-21-13-9-8-12-20(21)27(30)32/h5-16H,4,17H2,1-3H3. The van der Waals surface area contributed by atoms with Gasteiger partial charge in [0.15, 0.2) is 23.9 Å². The lowest BCUT2D eigenvalue weighted by molar-refractivity contribution is -0.145. The fourth-order valence-electron chi connectivity index (χ4n) is 3.58. The number of ether oxygens (including phenoxy) is 4. The maximum absolute atomic E-state index is 13.3. The molecule has 9 heteroatoms. The average Bonchev–Trinajstić information content (AvgIpc) is 2.91. The number of hydrogen-bond acceptors (Lipinski definition) is 8. The Morgan fingerprint density at radius 2 is 1.67 bits per heavy atom. The molecule has 1 aromatic heterocycles. The van der Waals surface area contributed by atoms with E-state index < -0.39 is 5.97 Å². The molecule has 0 saturated carbocycles. The van der Waals surface area contributed by atoms with Gasteiger partial charge in [0.1, 0.15) is 0 Å². The molecule has 3 aromatic carbocycles. The molecular weight excluding hydrogens is 462 g/mol. The summed E-state index contributed by atoms with van der Waals surface area (Å²) in [6.45, 7) is 1.67. The Morgan fingerprint density at radius 3 is 2.33 bits per heavy atom. The largest absolute Gasteiger partial charge is 0.493 e. The molecule has 0 amide bonds. The summed E-state index contributed by atoms with van der Waals surface area (Å²) in [5.41, 5.74) is 1.60. The summed E-state index contributed by atoms with van der Waals surface area (Å²) in [5, 5.41) is 4.92. The highest BCUT2D eigenvalue weighted by Gasteiger charge is 2.17. The maximum atomic E-state index is 13.3. The number of methoxy groups -OCH3 is 2. The number of hydrogen-bond donors (Lipinski definition) is 0. The van der Waals surface area contributed by atoms with Gasteiger partial charge in [-0.2, -0.15) is 9.78 Å². The molecule has 0 fully saturated rings. The van der Waals surface area contributed by atoms with Crippen LogP contribution in [0, 0.1) is 0 Å². The molecule has 0 saturated heterocycles. The Morgan fingerprint density at radius 1 is 1.00 bits per heavy atom. The van der Waals surface area contributed by atoms with E-state index in [0.29, 0.717) is 33.8 Å². The number of aromatic nitrogens is 2. The Labute approximate surface area is 207 Å². The Bertz CT molecular complexity index is 1440. The Hall–Kier alpha value is -4.66. The fraction of sp³-hybridized carbons (Fsp3) is 0.185. The van der Waals surface area contributed by atoms with Crippen molar-refractivity contribution in [1.82, 2.24) is 9.66 Å². The summed E-state index contributed by atoms with van der Waals surface area (Å²) in [4.78, 5) is 29.8. The van der Waals surface area contributed by atoms with Gasteiger partial charge < -0.3 is 18.9 Å². The molecule has 0 unspecified atom stereocenters. The molecule has 0 bridgehead atoms. The molecule has 184 valence electrons. The van der Waals surface area contributed by atoms with Crippen LogP contribution in [-0.4, -0.2) is 49.3 Å². The molecule has 9 nitrogen and oxygen atoms in total. The molecule has 0 atom stereocenters. The summed E-state index contributed by atoms with van der Waals surface area (Å²) in [5.74, 6) is 0.798. The second kappa shape index (κ2) is 11.2. The number of nitrogens with zero attached hydrogens (tertiary/aromatic N) is 3. The summed E-state index contributed by atoms with van der Waals surface area (Å²) in [7, 11) is 2.94. The van der Waals surface area contributed by atoms with E-state index in [2.05, 4.69) is 5.10 Å². The monoisotopic (exact) mass is 487 g/mol. The zero-order valence-corrected chi connectivity index (χ0v) is 20.1. The third-order valence-corrected chi connectivity index (χ3v) is 5.23. The minimum absolute atomic E-state index is 0.250. The second-order valence-corrected chi connectivity index (χ2v) is 7.53. The van der Waals surface area contributed by atoms with E-state index >= 15 is 0 Å². The van der Waals surface area contributed by atoms with E-state index in [9.17, 15) is 9.59 Å². The van der Waals surface area contributed by atoms with Crippen molar-refractivity contribution in [2.75, 3.05) is 27.4 Å². The quantitative estimate of drug-likeness (QED) is 0.261. The number of fused-ring (bicyclic) bond motifs is 1. The molecule has 0 radical (unpaired) electrons. The van der Waals surface area contributed by atoms with Crippen molar-refractivity contribution in [2.45, 2.75) is 6.92 Å². The van der Waals surface area contributed by atoms with Crippen LogP contribution in [0.5, 0.6) is 17.2 Å². The van der Waals surface area contributed by atoms with Crippen molar-refractivity contribution in [3.63, 3.8) is 0 Å². The zero-order valence-electron chi connectivity index (χ0n) is 20.1. The number of carbonyl (C=O) groups excluding carboxylic acids is 1. The SMILES string of the molecule is CCOC(=O)COc1c(OC)cc(C=Nn2c(-c3ccccc3)nc3ccccc3c2=O)cc1OC. The summed E-state index contributed by atoms with van der Waals surface area (Å²) < 4.78 is 22.7. The van der Waals surface area contributed by atoms with Gasteiger partial charge in [-0.3, -0.25) is 4.79 Å². The van der Waals surface area contributed by atoms with Crippen molar-refractivity contribution in [1.29, 1.82) is 0 Å². The van der Waals surface area contributed by atoms with Gasteiger partial charge in [0.25, 0.3) is 5.56 Å². The van der Waals surface area contributed by atoms with Crippen molar-refractivity contribution in [3.8, 4) is 28.6 Å². The van der Waals surface area contributed by atoms with Gasteiger partial charge >= 0.3 is 5.97 Å². The fourth-order valence-corrected chi connectivity index (χ4v) is 3.58. The predicted octanol–water partition coefficient (Wildman–Crippen LogP) is 3.90. The molecule has 0 aliphatic carbocycles. The Balaban J connectivity index is 1.77. The second-order valence-electron chi connectivity index (χ2n) is 7.53. The smallest absolute Gasteiger partial charge is 0.344 e. The molecule has 4 aromatic rings. The molecule has 0 N–H and O–H groups in total. The van der Waals surface area contributed by atoms with E-state index in [1.807, 2.05) is 36.4 Å². The highest BCUT2D eigenvalue weighted by atomic mass is 16.6. The predicted molar refractivity (Wildman–Crippen MR) is 136 cm³/mol. The van der Waals surface area contributed by atoms with Gasteiger partial charge in [-0.1, -0.05) is 42.5 Å². The van der Waals surface area contributed by atoms with E-state index in [1.165, 1.54) is 25.1 Å². The first-order chi connectivity index (χ1) is 17.5. The van der Waals surface area contributed by atoms with E-state index in [0.717, 1.165) is 5.56 Å². The number of rotatable bonds is 9. The van der Waals surface area contributed by atoms with Crippen LogP contribution >= 0.6 is 0 Å². The van der Waals surface area contributed by atoms with Crippen LogP contribution in [0.15, 0.2) is 76.6 Å². The van der Waals surface area contributed by atoms with E-state index in [-0.39, 0.29) is 24.5 Å². The van der Waals surface area contributed by atoms with Crippen LogP contribution in [0.3, 0.4) is 0 Å². The molecule has 4 rings (SSSR count). The molecular formula is C27H25N3O6. The molecule has 0 aliphatic heterocycles. The van der Waals surface area contributed by atoms with Crippen molar-refractivity contribution in [3.05, 3.63) is 82.6 Å². The van der Waals surface area contributed by atoms with Crippen LogP contribution < -0.4 is 19.8 Å². The summed E-state index contributed by atoms with van der Waals surface area (Å²) >= 11 is 0. The van der Waals surface area contributed by atoms with E-state index in [4.69, 9.17) is 23.9 Å². The van der Waals surface area contributed by atoms with Gasteiger partial charge in [0, 0.05) is 11.1 Å². The number of carbonyl (C=O) groups is 1. The van der Waals surface area contributed by atoms with Crippen molar-refractivity contribution >= 4 is 23.1 Å². The van der Waals surface area contributed by atoms with Crippen LogP contribution in [0.1, 0.15) is 12.5 Å². The van der Waals surface area contributed by atoms with Gasteiger partial charge in [-0.25, -0.2) is 9.78 Å². The zero-order chi connectivity index (χ0) is 25.5. The third-order valence-electron chi connectivity index (χ3n) is 5.23. The first-order valence-corrected chi connectivity index (χ1v) is 11.2. The maximum Gasteiger partial charge on any atom is 0.344 e. The topological polar surface area (TPSA) is 101 Å².